The van der Waals surface area contributed by atoms with Gasteiger partial charge < -0.3 is 15.2 Å². The predicted molar refractivity (Wildman–Crippen MR) is 133 cm³/mol. The lowest BCUT2D eigenvalue weighted by atomic mass is 10.0. The predicted octanol–water partition coefficient (Wildman–Crippen LogP) is 4.96. The number of amides is 2. The quantitative estimate of drug-likeness (QED) is 0.376. The van der Waals surface area contributed by atoms with Crippen molar-refractivity contribution in [1.29, 1.82) is 0 Å². The van der Waals surface area contributed by atoms with Crippen LogP contribution in [0.4, 0.5) is 5.13 Å². The third-order valence-electron chi connectivity index (χ3n) is 4.70. The number of hydrogen-bond acceptors (Lipinski definition) is 7. The van der Waals surface area contributed by atoms with Gasteiger partial charge in [0.2, 0.25) is 5.91 Å². The molecule has 0 saturated heterocycles. The van der Waals surface area contributed by atoms with Crippen molar-refractivity contribution in [3.8, 4) is 0 Å². The number of nitrogens with zero attached hydrogens (tertiary/aromatic N) is 4. The van der Waals surface area contributed by atoms with Crippen molar-refractivity contribution in [3.63, 3.8) is 0 Å². The lowest BCUT2D eigenvalue weighted by Gasteiger charge is -2.21. The Balaban J connectivity index is 1.74. The number of aryl methyl sites for hydroxylation is 1. The Bertz CT molecular complexity index is 1110. The van der Waals surface area contributed by atoms with E-state index in [4.69, 9.17) is 11.6 Å². The van der Waals surface area contributed by atoms with Gasteiger partial charge in [0.15, 0.2) is 16.1 Å². The van der Waals surface area contributed by atoms with E-state index in [2.05, 4.69) is 39.7 Å². The number of thioether (sulfide) groups is 1. The number of carbonyl (C=O) groups is 2. The Morgan fingerprint density at radius 1 is 1.24 bits per heavy atom. The first-order valence-corrected chi connectivity index (χ1v) is 12.9. The monoisotopic (exact) mass is 506 g/mol. The van der Waals surface area contributed by atoms with E-state index in [0.29, 0.717) is 45.6 Å². The van der Waals surface area contributed by atoms with Crippen LogP contribution < -0.4 is 10.6 Å². The van der Waals surface area contributed by atoms with Crippen LogP contribution >= 0.6 is 34.7 Å². The molecule has 0 spiro atoms. The second-order valence-electron chi connectivity index (χ2n) is 7.85. The fourth-order valence-corrected chi connectivity index (χ4v) is 4.98. The van der Waals surface area contributed by atoms with E-state index in [-0.39, 0.29) is 23.6 Å². The van der Waals surface area contributed by atoms with E-state index in [9.17, 15) is 9.59 Å². The van der Waals surface area contributed by atoms with Crippen molar-refractivity contribution in [2.45, 2.75) is 51.9 Å². The van der Waals surface area contributed by atoms with Crippen LogP contribution in [0.1, 0.15) is 55.1 Å². The van der Waals surface area contributed by atoms with E-state index >= 15 is 0 Å². The molecule has 11 heteroatoms. The molecule has 2 heterocycles. The molecule has 8 nitrogen and oxygen atoms in total. The maximum atomic E-state index is 12.9. The zero-order valence-corrected chi connectivity index (χ0v) is 21.4. The zero-order chi connectivity index (χ0) is 24.0. The van der Waals surface area contributed by atoms with Crippen LogP contribution in [0, 0.1) is 12.8 Å². The summed E-state index contributed by atoms with van der Waals surface area (Å²) >= 11 is 8.90. The lowest BCUT2D eigenvalue weighted by molar-refractivity contribution is -0.113. The number of rotatable bonds is 10. The summed E-state index contributed by atoms with van der Waals surface area (Å²) in [6.45, 7) is 8.64. The molecule has 2 aromatic heterocycles. The van der Waals surface area contributed by atoms with Crippen LogP contribution in [-0.4, -0.2) is 37.3 Å². The lowest BCUT2D eigenvalue weighted by Crippen LogP contribution is -2.31. The molecule has 33 heavy (non-hydrogen) atoms. The fraction of sp³-hybridized carbons (Fsp3) is 0.409. The highest BCUT2D eigenvalue weighted by Crippen LogP contribution is 2.26. The van der Waals surface area contributed by atoms with Gasteiger partial charge in [-0.25, -0.2) is 4.98 Å². The molecule has 0 fully saturated rings. The summed E-state index contributed by atoms with van der Waals surface area (Å²) in [6.07, 6.45) is 0.683. The van der Waals surface area contributed by atoms with Crippen molar-refractivity contribution < 1.29 is 9.59 Å². The number of thiazole rings is 1. The first-order valence-electron chi connectivity index (χ1n) is 10.6. The van der Waals surface area contributed by atoms with Crippen LogP contribution in [0.5, 0.6) is 0 Å². The maximum absolute atomic E-state index is 12.9. The molecular weight excluding hydrogens is 480 g/mol. The highest BCUT2D eigenvalue weighted by molar-refractivity contribution is 7.99. The van der Waals surface area contributed by atoms with Crippen molar-refractivity contribution in [1.82, 2.24) is 25.1 Å². The molecule has 0 unspecified atom stereocenters. The number of anilines is 1. The smallest absolute Gasteiger partial charge is 0.253 e. The SMILES string of the molecule is CCn1c(SCC(=O)Nc2nc(C)cs2)nnc1[C@@H](CC(C)C)NC(=O)c1ccccc1Cl. The molecular formula is C22H27ClN6O2S2. The Morgan fingerprint density at radius 3 is 2.64 bits per heavy atom. The molecule has 3 aromatic rings. The van der Waals surface area contributed by atoms with Gasteiger partial charge in [0.05, 0.1) is 28.1 Å². The number of aromatic nitrogens is 4. The number of carbonyl (C=O) groups excluding carboxylic acids is 2. The number of nitrogens with one attached hydrogen (secondary N) is 2. The Morgan fingerprint density at radius 2 is 2.00 bits per heavy atom. The summed E-state index contributed by atoms with van der Waals surface area (Å²) < 4.78 is 1.94. The normalized spacial score (nSPS) is 12.1. The largest absolute Gasteiger partial charge is 0.342 e. The van der Waals surface area contributed by atoms with Gasteiger partial charge >= 0.3 is 0 Å². The second-order valence-corrected chi connectivity index (χ2v) is 10.1. The number of benzene rings is 1. The topological polar surface area (TPSA) is 102 Å². The van der Waals surface area contributed by atoms with Gasteiger partial charge in [0.1, 0.15) is 0 Å². The minimum atomic E-state index is -0.345. The molecule has 0 aliphatic rings. The second kappa shape index (κ2) is 11.6. The van der Waals surface area contributed by atoms with Crippen LogP contribution in [0.25, 0.3) is 0 Å². The molecule has 0 saturated carbocycles. The van der Waals surface area contributed by atoms with Crippen LogP contribution in [-0.2, 0) is 11.3 Å². The van der Waals surface area contributed by atoms with Gasteiger partial charge in [-0.3, -0.25) is 9.59 Å². The van der Waals surface area contributed by atoms with E-state index in [0.717, 1.165) is 5.69 Å². The van der Waals surface area contributed by atoms with Crippen molar-refractivity contribution >= 4 is 51.6 Å². The van der Waals surface area contributed by atoms with E-state index < -0.39 is 0 Å². The molecule has 0 aliphatic heterocycles. The van der Waals surface area contributed by atoms with Crippen LogP contribution in [0.3, 0.4) is 0 Å². The number of hydrogen-bond donors (Lipinski definition) is 2. The average Bonchev–Trinajstić information content (AvgIpc) is 3.37. The summed E-state index contributed by atoms with van der Waals surface area (Å²) in [5.41, 5.74) is 1.28. The van der Waals surface area contributed by atoms with Gasteiger partial charge in [-0.1, -0.05) is 49.3 Å². The van der Waals surface area contributed by atoms with Gasteiger partial charge in [0, 0.05) is 11.9 Å². The first kappa shape index (κ1) is 25.2. The fourth-order valence-electron chi connectivity index (χ4n) is 3.24. The van der Waals surface area contributed by atoms with Crippen LogP contribution in [0.15, 0.2) is 34.8 Å². The molecule has 1 atom stereocenters. The maximum Gasteiger partial charge on any atom is 0.253 e. The Hall–Kier alpha value is -2.43. The Kier molecular flexibility index (Phi) is 8.87. The summed E-state index contributed by atoms with van der Waals surface area (Å²) in [5, 5.41) is 18.0. The van der Waals surface area contributed by atoms with E-state index in [1.165, 1.54) is 23.1 Å². The molecule has 2 N–H and O–H groups in total. The van der Waals surface area contributed by atoms with E-state index in [1.54, 1.807) is 24.3 Å². The minimum absolute atomic E-state index is 0.160. The van der Waals surface area contributed by atoms with Gasteiger partial charge in [-0.05, 0) is 38.3 Å². The summed E-state index contributed by atoms with van der Waals surface area (Å²) in [4.78, 5) is 29.5. The summed E-state index contributed by atoms with van der Waals surface area (Å²) in [6, 6.07) is 6.60. The molecule has 0 bridgehead atoms. The van der Waals surface area contributed by atoms with Crippen molar-refractivity contribution in [2.75, 3.05) is 11.1 Å². The van der Waals surface area contributed by atoms with Gasteiger partial charge in [-0.15, -0.1) is 21.5 Å². The molecule has 176 valence electrons. The third kappa shape index (κ3) is 6.78. The van der Waals surface area contributed by atoms with Crippen LogP contribution in [0.2, 0.25) is 5.02 Å². The Labute approximate surface area is 206 Å². The summed E-state index contributed by atoms with van der Waals surface area (Å²) in [5.74, 6) is 0.728. The van der Waals surface area contributed by atoms with Gasteiger partial charge in [-0.2, -0.15) is 0 Å². The van der Waals surface area contributed by atoms with Crippen molar-refractivity contribution in [2.24, 2.45) is 5.92 Å². The molecule has 1 aromatic carbocycles. The summed E-state index contributed by atoms with van der Waals surface area (Å²) in [7, 11) is 0. The van der Waals surface area contributed by atoms with E-state index in [1.807, 2.05) is 23.8 Å². The average molecular weight is 507 g/mol. The van der Waals surface area contributed by atoms with Gasteiger partial charge in [0.25, 0.3) is 5.91 Å². The standard InChI is InChI=1S/C22H27ClN6O2S2/c1-5-29-19(17(10-13(2)3)25-20(31)15-8-6-7-9-16(15)23)27-28-22(29)33-12-18(30)26-21-24-14(4)11-32-21/h6-9,11,13,17H,5,10,12H2,1-4H3,(H,25,31)(H,24,26,30)/t17-/m1/s1. The molecule has 0 radical (unpaired) electrons. The van der Waals surface area contributed by atoms with Crippen molar-refractivity contribution in [3.05, 3.63) is 51.7 Å². The molecule has 2 amide bonds. The zero-order valence-electron chi connectivity index (χ0n) is 19.0. The highest BCUT2D eigenvalue weighted by Gasteiger charge is 2.25. The third-order valence-corrected chi connectivity index (χ3v) is 6.87. The molecule has 0 aliphatic carbocycles. The minimum Gasteiger partial charge on any atom is -0.342 e. The first-order chi connectivity index (χ1) is 15.8. The number of halogens is 1. The molecule has 3 rings (SSSR count). The highest BCUT2D eigenvalue weighted by atomic mass is 35.5.